The third kappa shape index (κ3) is 3.81. The van der Waals surface area contributed by atoms with Crippen molar-refractivity contribution in [3.63, 3.8) is 0 Å². The van der Waals surface area contributed by atoms with Crippen molar-refractivity contribution in [1.82, 2.24) is 10.3 Å². The highest BCUT2D eigenvalue weighted by molar-refractivity contribution is 5.95. The Morgan fingerprint density at radius 1 is 1.14 bits per heavy atom. The Kier molecular flexibility index (Phi) is 4.58. The van der Waals surface area contributed by atoms with E-state index in [1.165, 1.54) is 5.56 Å². The van der Waals surface area contributed by atoms with Crippen LogP contribution in [0.2, 0.25) is 0 Å². The van der Waals surface area contributed by atoms with Crippen LogP contribution in [0.5, 0.6) is 0 Å². The molecule has 110 valence electrons. The average Bonchev–Trinajstić information content (AvgIpc) is 2.47. The standard InChI is InChI=1S/C17H21N3O/c1-11-5-7-14(8-6-11)13(3)20-17(21)15-9-12(2)19-16(10-15)18-4/h5-10,13H,1-4H3,(H,18,19)(H,20,21). The molecule has 1 heterocycles. The fourth-order valence-electron chi connectivity index (χ4n) is 2.15. The van der Waals surface area contributed by atoms with Gasteiger partial charge in [-0.05, 0) is 38.5 Å². The van der Waals surface area contributed by atoms with Crippen LogP contribution in [-0.2, 0) is 0 Å². The molecule has 4 nitrogen and oxygen atoms in total. The first-order valence-corrected chi connectivity index (χ1v) is 7.03. The lowest BCUT2D eigenvalue weighted by atomic mass is 10.1. The third-order valence-corrected chi connectivity index (χ3v) is 3.40. The van der Waals surface area contributed by atoms with E-state index < -0.39 is 0 Å². The SMILES string of the molecule is CNc1cc(C(=O)NC(C)c2ccc(C)cc2)cc(C)n1. The minimum atomic E-state index is -0.0925. The molecule has 1 aromatic heterocycles. The summed E-state index contributed by atoms with van der Waals surface area (Å²) in [6.45, 7) is 5.91. The Morgan fingerprint density at radius 3 is 2.43 bits per heavy atom. The van der Waals surface area contributed by atoms with E-state index in [2.05, 4.69) is 15.6 Å². The average molecular weight is 283 g/mol. The minimum absolute atomic E-state index is 0.0374. The number of aryl methyl sites for hydroxylation is 2. The summed E-state index contributed by atoms with van der Waals surface area (Å²) in [7, 11) is 1.79. The summed E-state index contributed by atoms with van der Waals surface area (Å²) >= 11 is 0. The highest BCUT2D eigenvalue weighted by Gasteiger charge is 2.12. The number of carbonyl (C=O) groups is 1. The Labute approximate surface area is 125 Å². The summed E-state index contributed by atoms with van der Waals surface area (Å²) in [6, 6.07) is 11.7. The largest absolute Gasteiger partial charge is 0.373 e. The second-order valence-electron chi connectivity index (χ2n) is 5.24. The van der Waals surface area contributed by atoms with Crippen molar-refractivity contribution in [2.75, 3.05) is 12.4 Å². The van der Waals surface area contributed by atoms with Crippen LogP contribution >= 0.6 is 0 Å². The normalized spacial score (nSPS) is 11.8. The molecule has 1 atom stereocenters. The molecule has 2 N–H and O–H groups in total. The molecule has 0 aliphatic rings. The Hall–Kier alpha value is -2.36. The van der Waals surface area contributed by atoms with E-state index in [1.807, 2.05) is 45.0 Å². The molecule has 2 rings (SSSR count). The van der Waals surface area contributed by atoms with Crippen LogP contribution in [0, 0.1) is 13.8 Å². The molecule has 4 heteroatoms. The van der Waals surface area contributed by atoms with Crippen LogP contribution in [0.3, 0.4) is 0 Å². The van der Waals surface area contributed by atoms with Crippen LogP contribution in [0.15, 0.2) is 36.4 Å². The Morgan fingerprint density at radius 2 is 1.81 bits per heavy atom. The number of nitrogens with one attached hydrogen (secondary N) is 2. The fourth-order valence-corrected chi connectivity index (χ4v) is 2.15. The first-order valence-electron chi connectivity index (χ1n) is 7.03. The van der Waals surface area contributed by atoms with E-state index in [4.69, 9.17) is 0 Å². The first-order chi connectivity index (χ1) is 9.99. The molecule has 2 aromatic rings. The third-order valence-electron chi connectivity index (χ3n) is 3.40. The van der Waals surface area contributed by atoms with Gasteiger partial charge in [0.15, 0.2) is 0 Å². The molecule has 0 aliphatic carbocycles. The number of amides is 1. The first kappa shape index (κ1) is 15.0. The number of pyridine rings is 1. The lowest BCUT2D eigenvalue weighted by Gasteiger charge is -2.15. The molecule has 0 aliphatic heterocycles. The van der Waals surface area contributed by atoms with Crippen LogP contribution in [-0.4, -0.2) is 17.9 Å². The minimum Gasteiger partial charge on any atom is -0.373 e. The number of anilines is 1. The Balaban J connectivity index is 2.13. The maximum Gasteiger partial charge on any atom is 0.251 e. The van der Waals surface area contributed by atoms with Gasteiger partial charge in [0.2, 0.25) is 0 Å². The van der Waals surface area contributed by atoms with Crippen molar-refractivity contribution in [3.8, 4) is 0 Å². The molecule has 1 aromatic carbocycles. The van der Waals surface area contributed by atoms with Crippen molar-refractivity contribution in [2.45, 2.75) is 26.8 Å². The summed E-state index contributed by atoms with van der Waals surface area (Å²) in [6.07, 6.45) is 0. The monoisotopic (exact) mass is 283 g/mol. The van der Waals surface area contributed by atoms with Gasteiger partial charge in [-0.2, -0.15) is 0 Å². The summed E-state index contributed by atoms with van der Waals surface area (Å²) in [5.74, 6) is 0.605. The zero-order chi connectivity index (χ0) is 15.4. The number of hydrogen-bond donors (Lipinski definition) is 2. The summed E-state index contributed by atoms with van der Waals surface area (Å²) in [4.78, 5) is 16.6. The van der Waals surface area contributed by atoms with Gasteiger partial charge < -0.3 is 10.6 Å². The maximum atomic E-state index is 12.3. The highest BCUT2D eigenvalue weighted by Crippen LogP contribution is 2.15. The smallest absolute Gasteiger partial charge is 0.251 e. The number of aromatic nitrogens is 1. The quantitative estimate of drug-likeness (QED) is 0.905. The van der Waals surface area contributed by atoms with E-state index in [0.29, 0.717) is 11.4 Å². The van der Waals surface area contributed by atoms with E-state index in [-0.39, 0.29) is 11.9 Å². The molecule has 0 bridgehead atoms. The summed E-state index contributed by atoms with van der Waals surface area (Å²) in [5, 5.41) is 5.98. The molecule has 1 unspecified atom stereocenters. The van der Waals surface area contributed by atoms with Gasteiger partial charge >= 0.3 is 0 Å². The number of benzene rings is 1. The number of nitrogens with zero attached hydrogens (tertiary/aromatic N) is 1. The van der Waals surface area contributed by atoms with Gasteiger partial charge in [0.05, 0.1) is 6.04 Å². The van der Waals surface area contributed by atoms with E-state index in [0.717, 1.165) is 11.3 Å². The van der Waals surface area contributed by atoms with E-state index >= 15 is 0 Å². The molecule has 21 heavy (non-hydrogen) atoms. The van der Waals surface area contributed by atoms with Gasteiger partial charge in [0.25, 0.3) is 5.91 Å². The van der Waals surface area contributed by atoms with Crippen molar-refractivity contribution >= 4 is 11.7 Å². The Bertz CT molecular complexity index is 635. The second kappa shape index (κ2) is 6.39. The number of carbonyl (C=O) groups excluding carboxylic acids is 1. The van der Waals surface area contributed by atoms with E-state index in [1.54, 1.807) is 19.2 Å². The van der Waals surface area contributed by atoms with Crippen LogP contribution in [0.4, 0.5) is 5.82 Å². The number of rotatable bonds is 4. The van der Waals surface area contributed by atoms with E-state index in [9.17, 15) is 4.79 Å². The van der Waals surface area contributed by atoms with Gasteiger partial charge in [0, 0.05) is 18.3 Å². The van der Waals surface area contributed by atoms with Crippen molar-refractivity contribution < 1.29 is 4.79 Å². The van der Waals surface area contributed by atoms with Gasteiger partial charge in [-0.3, -0.25) is 4.79 Å². The van der Waals surface area contributed by atoms with Gasteiger partial charge in [-0.1, -0.05) is 29.8 Å². The zero-order valence-electron chi connectivity index (χ0n) is 12.9. The summed E-state index contributed by atoms with van der Waals surface area (Å²) < 4.78 is 0. The molecule has 1 amide bonds. The predicted octanol–water partition coefficient (Wildman–Crippen LogP) is 3.23. The lowest BCUT2D eigenvalue weighted by Crippen LogP contribution is -2.26. The molecule has 0 radical (unpaired) electrons. The topological polar surface area (TPSA) is 54.0 Å². The molecular weight excluding hydrogens is 262 g/mol. The maximum absolute atomic E-state index is 12.3. The highest BCUT2D eigenvalue weighted by atomic mass is 16.1. The van der Waals surface area contributed by atoms with Crippen molar-refractivity contribution in [3.05, 3.63) is 58.8 Å². The molecule has 0 spiro atoms. The van der Waals surface area contributed by atoms with Gasteiger partial charge in [0.1, 0.15) is 5.82 Å². The van der Waals surface area contributed by atoms with Crippen LogP contribution in [0.1, 0.15) is 40.1 Å². The van der Waals surface area contributed by atoms with Crippen LogP contribution < -0.4 is 10.6 Å². The predicted molar refractivity (Wildman–Crippen MR) is 85.6 cm³/mol. The van der Waals surface area contributed by atoms with Gasteiger partial charge in [-0.25, -0.2) is 4.98 Å². The lowest BCUT2D eigenvalue weighted by molar-refractivity contribution is 0.0939. The van der Waals surface area contributed by atoms with Crippen LogP contribution in [0.25, 0.3) is 0 Å². The molecule has 0 saturated carbocycles. The van der Waals surface area contributed by atoms with Crippen molar-refractivity contribution in [1.29, 1.82) is 0 Å². The summed E-state index contributed by atoms with van der Waals surface area (Å²) in [5.41, 5.74) is 3.73. The second-order valence-corrected chi connectivity index (χ2v) is 5.24. The fraction of sp³-hybridized carbons (Fsp3) is 0.294. The molecule has 0 saturated heterocycles. The van der Waals surface area contributed by atoms with Gasteiger partial charge in [-0.15, -0.1) is 0 Å². The zero-order valence-corrected chi connectivity index (χ0v) is 12.9. The molecule has 0 fully saturated rings. The van der Waals surface area contributed by atoms with Crippen molar-refractivity contribution in [2.24, 2.45) is 0 Å². The molecular formula is C17H21N3O. The number of hydrogen-bond acceptors (Lipinski definition) is 3.